The predicted octanol–water partition coefficient (Wildman–Crippen LogP) is 1.72. The summed E-state index contributed by atoms with van der Waals surface area (Å²) < 4.78 is 7.29. The molecule has 1 heterocycles. The van der Waals surface area contributed by atoms with Gasteiger partial charge in [-0.25, -0.2) is 4.98 Å². The Morgan fingerprint density at radius 2 is 2.22 bits per heavy atom. The molecule has 1 N–H and O–H groups in total. The van der Waals surface area contributed by atoms with E-state index in [0.717, 1.165) is 18.8 Å². The average molecular weight is 253 g/mol. The summed E-state index contributed by atoms with van der Waals surface area (Å²) in [5, 5.41) is 3.05. The summed E-state index contributed by atoms with van der Waals surface area (Å²) in [5.74, 6) is 0.705. The summed E-state index contributed by atoms with van der Waals surface area (Å²) in [6, 6.07) is 0. The molecule has 0 saturated heterocycles. The largest absolute Gasteiger partial charge is 0.459 e. The lowest BCUT2D eigenvalue weighted by molar-refractivity contribution is -0.153. The zero-order valence-electron chi connectivity index (χ0n) is 11.7. The first-order valence-corrected chi connectivity index (χ1v) is 6.35. The smallest absolute Gasteiger partial charge is 0.320 e. The van der Waals surface area contributed by atoms with Crippen molar-refractivity contribution in [3.8, 4) is 0 Å². The summed E-state index contributed by atoms with van der Waals surface area (Å²) in [7, 11) is 0. The Labute approximate surface area is 109 Å². The first-order valence-electron chi connectivity index (χ1n) is 6.35. The zero-order valence-corrected chi connectivity index (χ0v) is 11.7. The summed E-state index contributed by atoms with van der Waals surface area (Å²) >= 11 is 0. The van der Waals surface area contributed by atoms with E-state index >= 15 is 0 Å². The van der Waals surface area contributed by atoms with Crippen LogP contribution in [0.4, 0.5) is 0 Å². The molecule has 0 unspecified atom stereocenters. The number of imidazole rings is 1. The molecular weight excluding hydrogens is 230 g/mol. The number of aryl methyl sites for hydroxylation is 1. The molecule has 102 valence electrons. The zero-order chi connectivity index (χ0) is 13.6. The van der Waals surface area contributed by atoms with E-state index < -0.39 is 5.60 Å². The number of carbonyl (C=O) groups excluding carboxylic acids is 1. The van der Waals surface area contributed by atoms with E-state index in [1.165, 1.54) is 0 Å². The molecule has 0 amide bonds. The van der Waals surface area contributed by atoms with Crippen LogP contribution in [0.5, 0.6) is 0 Å². The fourth-order valence-electron chi connectivity index (χ4n) is 1.61. The molecule has 1 rings (SSSR count). The molecule has 0 atom stereocenters. The standard InChI is InChI=1S/C13H23N3O2/c1-5-7-16-8-6-15-11(16)9-14-10-12(17)18-13(2,3)4/h6,8,14H,5,7,9-10H2,1-4H3. The monoisotopic (exact) mass is 253 g/mol. The molecule has 0 spiro atoms. The van der Waals surface area contributed by atoms with E-state index in [1.54, 1.807) is 6.20 Å². The Bertz CT molecular complexity index is 380. The fourth-order valence-corrected chi connectivity index (χ4v) is 1.61. The Hall–Kier alpha value is -1.36. The number of hydrogen-bond acceptors (Lipinski definition) is 4. The number of nitrogens with zero attached hydrogens (tertiary/aromatic N) is 2. The first kappa shape index (κ1) is 14.7. The van der Waals surface area contributed by atoms with Crippen molar-refractivity contribution in [2.75, 3.05) is 6.54 Å². The normalized spacial score (nSPS) is 11.6. The second-order valence-corrected chi connectivity index (χ2v) is 5.23. The third-order valence-electron chi connectivity index (χ3n) is 2.24. The molecule has 0 bridgehead atoms. The van der Waals surface area contributed by atoms with E-state index in [1.807, 2.05) is 27.0 Å². The number of esters is 1. The Morgan fingerprint density at radius 3 is 2.83 bits per heavy atom. The molecule has 0 radical (unpaired) electrons. The number of aromatic nitrogens is 2. The van der Waals surface area contributed by atoms with Gasteiger partial charge in [-0.2, -0.15) is 0 Å². The van der Waals surface area contributed by atoms with E-state index in [4.69, 9.17) is 4.74 Å². The van der Waals surface area contributed by atoms with E-state index in [2.05, 4.69) is 21.8 Å². The van der Waals surface area contributed by atoms with Crippen molar-refractivity contribution >= 4 is 5.97 Å². The topological polar surface area (TPSA) is 56.2 Å². The van der Waals surface area contributed by atoms with Gasteiger partial charge in [-0.15, -0.1) is 0 Å². The highest BCUT2D eigenvalue weighted by molar-refractivity contribution is 5.72. The molecule has 5 heteroatoms. The Kier molecular flexibility index (Phi) is 5.34. The van der Waals surface area contributed by atoms with Gasteiger partial charge in [0.25, 0.3) is 0 Å². The number of carbonyl (C=O) groups is 1. The van der Waals surface area contributed by atoms with Gasteiger partial charge >= 0.3 is 5.97 Å². The maximum Gasteiger partial charge on any atom is 0.320 e. The quantitative estimate of drug-likeness (QED) is 0.784. The van der Waals surface area contributed by atoms with E-state index in [0.29, 0.717) is 6.54 Å². The number of hydrogen-bond donors (Lipinski definition) is 1. The van der Waals surface area contributed by atoms with Crippen LogP contribution >= 0.6 is 0 Å². The fraction of sp³-hybridized carbons (Fsp3) is 0.692. The molecule has 0 aliphatic heterocycles. The minimum Gasteiger partial charge on any atom is -0.459 e. The first-order chi connectivity index (χ1) is 8.42. The van der Waals surface area contributed by atoms with Crippen molar-refractivity contribution in [3.05, 3.63) is 18.2 Å². The molecule has 0 aromatic carbocycles. The van der Waals surface area contributed by atoms with Gasteiger partial charge in [-0.05, 0) is 27.2 Å². The molecule has 18 heavy (non-hydrogen) atoms. The molecule has 1 aromatic heterocycles. The highest BCUT2D eigenvalue weighted by Crippen LogP contribution is 2.06. The van der Waals surface area contributed by atoms with Gasteiger partial charge in [-0.1, -0.05) is 6.92 Å². The highest BCUT2D eigenvalue weighted by atomic mass is 16.6. The second-order valence-electron chi connectivity index (χ2n) is 5.23. The third kappa shape index (κ3) is 5.31. The highest BCUT2D eigenvalue weighted by Gasteiger charge is 2.15. The van der Waals surface area contributed by atoms with Crippen molar-refractivity contribution in [2.45, 2.75) is 52.8 Å². The third-order valence-corrected chi connectivity index (χ3v) is 2.24. The Morgan fingerprint density at radius 1 is 1.50 bits per heavy atom. The van der Waals surface area contributed by atoms with E-state index in [-0.39, 0.29) is 12.5 Å². The predicted molar refractivity (Wildman–Crippen MR) is 70.1 cm³/mol. The minimum atomic E-state index is -0.431. The van der Waals surface area contributed by atoms with Crippen molar-refractivity contribution in [1.82, 2.24) is 14.9 Å². The van der Waals surface area contributed by atoms with Crippen molar-refractivity contribution in [2.24, 2.45) is 0 Å². The number of ether oxygens (including phenoxy) is 1. The van der Waals surface area contributed by atoms with Crippen LogP contribution in [0, 0.1) is 0 Å². The van der Waals surface area contributed by atoms with Crippen LogP contribution in [0.2, 0.25) is 0 Å². The average Bonchev–Trinajstić information content (AvgIpc) is 2.64. The second kappa shape index (κ2) is 6.54. The van der Waals surface area contributed by atoms with Crippen molar-refractivity contribution in [1.29, 1.82) is 0 Å². The van der Waals surface area contributed by atoms with Gasteiger partial charge in [0.2, 0.25) is 0 Å². The van der Waals surface area contributed by atoms with Gasteiger partial charge < -0.3 is 9.30 Å². The number of nitrogens with one attached hydrogen (secondary N) is 1. The van der Waals surface area contributed by atoms with Crippen molar-refractivity contribution in [3.63, 3.8) is 0 Å². The maximum atomic E-state index is 11.5. The van der Waals surface area contributed by atoms with Crippen LogP contribution < -0.4 is 5.32 Å². The summed E-state index contributed by atoms with van der Waals surface area (Å²) in [6.07, 6.45) is 4.80. The van der Waals surface area contributed by atoms with Crippen LogP contribution in [0.3, 0.4) is 0 Å². The van der Waals surface area contributed by atoms with E-state index in [9.17, 15) is 4.79 Å². The molecule has 5 nitrogen and oxygen atoms in total. The lowest BCUT2D eigenvalue weighted by Gasteiger charge is -2.19. The van der Waals surface area contributed by atoms with Crippen LogP contribution in [0.25, 0.3) is 0 Å². The summed E-state index contributed by atoms with van der Waals surface area (Å²) in [5.41, 5.74) is -0.431. The van der Waals surface area contributed by atoms with Gasteiger partial charge in [0.05, 0.1) is 13.1 Å². The molecular formula is C13H23N3O2. The number of rotatable bonds is 6. The lowest BCUT2D eigenvalue weighted by Crippen LogP contribution is -2.31. The van der Waals surface area contributed by atoms with Crippen LogP contribution in [0.15, 0.2) is 12.4 Å². The van der Waals surface area contributed by atoms with Gasteiger partial charge in [0.15, 0.2) is 0 Å². The SMILES string of the molecule is CCCn1ccnc1CNCC(=O)OC(C)(C)C. The lowest BCUT2D eigenvalue weighted by atomic mass is 10.2. The molecule has 0 aliphatic rings. The van der Waals surface area contributed by atoms with Gasteiger partial charge in [0.1, 0.15) is 11.4 Å². The van der Waals surface area contributed by atoms with Crippen molar-refractivity contribution < 1.29 is 9.53 Å². The molecule has 0 aliphatic carbocycles. The Balaban J connectivity index is 2.33. The van der Waals surface area contributed by atoms with Gasteiger partial charge in [0, 0.05) is 18.9 Å². The molecule has 0 saturated carbocycles. The maximum absolute atomic E-state index is 11.5. The summed E-state index contributed by atoms with van der Waals surface area (Å²) in [4.78, 5) is 15.7. The minimum absolute atomic E-state index is 0.205. The molecule has 1 aromatic rings. The summed E-state index contributed by atoms with van der Waals surface area (Å²) in [6.45, 7) is 9.43. The van der Waals surface area contributed by atoms with Crippen LogP contribution in [-0.4, -0.2) is 27.7 Å². The van der Waals surface area contributed by atoms with Crippen LogP contribution in [-0.2, 0) is 22.6 Å². The molecule has 0 fully saturated rings. The van der Waals surface area contributed by atoms with Crippen LogP contribution in [0.1, 0.15) is 39.9 Å². The van der Waals surface area contributed by atoms with Gasteiger partial charge in [-0.3, -0.25) is 10.1 Å².